The fourth-order valence-electron chi connectivity index (χ4n) is 4.15. The van der Waals surface area contributed by atoms with Crippen LogP contribution in [0.25, 0.3) is 16.7 Å². The van der Waals surface area contributed by atoms with E-state index in [1.807, 2.05) is 30.0 Å². The van der Waals surface area contributed by atoms with E-state index < -0.39 is 6.09 Å². The highest BCUT2D eigenvalue weighted by atomic mass is 16.5. The number of hydrogen-bond donors (Lipinski definition) is 2. The molecule has 0 radical (unpaired) electrons. The zero-order valence-corrected chi connectivity index (χ0v) is 17.8. The molecular formula is C21H24N6O5. The normalized spacial score (nSPS) is 19.3. The number of ether oxygens (including phenoxy) is 2. The van der Waals surface area contributed by atoms with Gasteiger partial charge in [0.25, 0.3) is 0 Å². The number of morpholine rings is 1. The van der Waals surface area contributed by atoms with Crippen molar-refractivity contribution in [3.63, 3.8) is 0 Å². The molecule has 0 saturated carbocycles. The second-order valence-electron chi connectivity index (χ2n) is 8.04. The zero-order valence-electron chi connectivity index (χ0n) is 17.8. The van der Waals surface area contributed by atoms with Crippen LogP contribution in [0.5, 0.6) is 6.01 Å². The van der Waals surface area contributed by atoms with Gasteiger partial charge in [-0.15, -0.1) is 0 Å². The molecule has 0 aliphatic carbocycles. The molecule has 2 aliphatic rings. The average Bonchev–Trinajstić information content (AvgIpc) is 3.18. The van der Waals surface area contributed by atoms with Crippen molar-refractivity contribution >= 4 is 22.8 Å². The first-order valence-corrected chi connectivity index (χ1v) is 10.4. The molecule has 11 heteroatoms. The molecule has 11 nitrogen and oxygen atoms in total. The SMILES string of the molecule is COc1nc(N2CC(O)C2)cc(-n2ncc3cc(C)c(C4CN(C(=O)O)CCO4)cc32)n1. The third-order valence-corrected chi connectivity index (χ3v) is 5.90. The Morgan fingerprint density at radius 1 is 1.19 bits per heavy atom. The number of fused-ring (bicyclic) bond motifs is 1. The van der Waals surface area contributed by atoms with Gasteiger partial charge in [-0.25, -0.2) is 9.48 Å². The van der Waals surface area contributed by atoms with Crippen molar-refractivity contribution in [2.75, 3.05) is 44.8 Å². The lowest BCUT2D eigenvalue weighted by Gasteiger charge is -2.36. The molecule has 4 heterocycles. The molecular weight excluding hydrogens is 416 g/mol. The maximum Gasteiger partial charge on any atom is 0.407 e. The summed E-state index contributed by atoms with van der Waals surface area (Å²) in [6, 6.07) is 6.02. The number of carbonyl (C=O) groups is 1. The number of nitrogens with zero attached hydrogens (tertiary/aromatic N) is 6. The lowest BCUT2D eigenvalue weighted by atomic mass is 10.00. The highest BCUT2D eigenvalue weighted by molar-refractivity contribution is 5.82. The van der Waals surface area contributed by atoms with Gasteiger partial charge in [-0.05, 0) is 30.2 Å². The highest BCUT2D eigenvalue weighted by Crippen LogP contribution is 2.31. The molecule has 2 aliphatic heterocycles. The summed E-state index contributed by atoms with van der Waals surface area (Å²) in [4.78, 5) is 23.6. The summed E-state index contributed by atoms with van der Waals surface area (Å²) in [5, 5.41) is 24.5. The van der Waals surface area contributed by atoms with Crippen LogP contribution in [-0.2, 0) is 4.74 Å². The van der Waals surface area contributed by atoms with Crippen LogP contribution in [0.2, 0.25) is 0 Å². The van der Waals surface area contributed by atoms with E-state index in [1.54, 1.807) is 10.9 Å². The molecule has 2 N–H and O–H groups in total. The zero-order chi connectivity index (χ0) is 22.4. The third kappa shape index (κ3) is 3.59. The standard InChI is InChI=1S/C21H24N6O5/c1-12-5-13-8-22-27(16(13)6-15(12)17-11-25(21(29)30)3-4-32-17)19-7-18(23-20(24-19)31-2)26-9-14(28)10-26/h5-8,14,17,28H,3-4,9-11H2,1-2H3,(H,29,30). The van der Waals surface area contributed by atoms with Gasteiger partial charge in [0.1, 0.15) is 11.9 Å². The molecule has 1 amide bonds. The number of anilines is 1. The van der Waals surface area contributed by atoms with Crippen LogP contribution in [0.4, 0.5) is 10.6 Å². The molecule has 0 bridgehead atoms. The van der Waals surface area contributed by atoms with Crippen LogP contribution in [-0.4, -0.2) is 87.0 Å². The summed E-state index contributed by atoms with van der Waals surface area (Å²) in [5.74, 6) is 1.19. The summed E-state index contributed by atoms with van der Waals surface area (Å²) < 4.78 is 12.9. The Morgan fingerprint density at radius 2 is 1.97 bits per heavy atom. The Balaban J connectivity index is 1.55. The number of β-amino-alcohol motifs (C(OH)–C–C–N with tert-alkyl or cyclic N) is 1. The van der Waals surface area contributed by atoms with E-state index in [0.29, 0.717) is 37.9 Å². The first kappa shape index (κ1) is 20.5. The lowest BCUT2D eigenvalue weighted by Crippen LogP contribution is -2.51. The monoisotopic (exact) mass is 440 g/mol. The maximum atomic E-state index is 11.4. The Morgan fingerprint density at radius 3 is 2.69 bits per heavy atom. The summed E-state index contributed by atoms with van der Waals surface area (Å²) in [6.45, 7) is 3.97. The Hall–Kier alpha value is -3.44. The summed E-state index contributed by atoms with van der Waals surface area (Å²) >= 11 is 0. The van der Waals surface area contributed by atoms with Crippen LogP contribution in [0.15, 0.2) is 24.4 Å². The number of rotatable bonds is 4. The van der Waals surface area contributed by atoms with Gasteiger partial charge in [0.05, 0.1) is 38.1 Å². The summed E-state index contributed by atoms with van der Waals surface area (Å²) in [6.07, 6.45) is 0.0970. The number of aryl methyl sites for hydroxylation is 1. The van der Waals surface area contributed by atoms with Crippen molar-refractivity contribution in [3.8, 4) is 11.8 Å². The molecule has 2 saturated heterocycles. The second kappa shape index (κ2) is 7.92. The number of aliphatic hydroxyl groups is 1. The van der Waals surface area contributed by atoms with Crippen LogP contribution in [0, 0.1) is 6.92 Å². The quantitative estimate of drug-likeness (QED) is 0.618. The van der Waals surface area contributed by atoms with Crippen molar-refractivity contribution < 1.29 is 24.5 Å². The van der Waals surface area contributed by atoms with Crippen molar-refractivity contribution in [2.45, 2.75) is 19.1 Å². The predicted molar refractivity (Wildman–Crippen MR) is 114 cm³/mol. The minimum absolute atomic E-state index is 0.211. The molecule has 168 valence electrons. The minimum Gasteiger partial charge on any atom is -0.467 e. The Labute approximate surface area is 183 Å². The molecule has 5 rings (SSSR count). The topological polar surface area (TPSA) is 126 Å². The van der Waals surface area contributed by atoms with Gasteiger partial charge in [-0.2, -0.15) is 15.1 Å². The van der Waals surface area contributed by atoms with E-state index in [2.05, 4.69) is 15.1 Å². The van der Waals surface area contributed by atoms with Gasteiger partial charge in [0.15, 0.2) is 5.82 Å². The van der Waals surface area contributed by atoms with E-state index in [4.69, 9.17) is 9.47 Å². The maximum absolute atomic E-state index is 11.4. The fourth-order valence-corrected chi connectivity index (χ4v) is 4.15. The van der Waals surface area contributed by atoms with E-state index in [9.17, 15) is 15.0 Å². The van der Waals surface area contributed by atoms with Gasteiger partial charge < -0.3 is 29.5 Å². The van der Waals surface area contributed by atoms with E-state index in [0.717, 1.165) is 22.0 Å². The van der Waals surface area contributed by atoms with Crippen LogP contribution >= 0.6 is 0 Å². The van der Waals surface area contributed by atoms with Gasteiger partial charge in [0.2, 0.25) is 0 Å². The molecule has 2 fully saturated rings. The van der Waals surface area contributed by atoms with E-state index in [1.165, 1.54) is 12.0 Å². The molecule has 2 aromatic heterocycles. The van der Waals surface area contributed by atoms with Gasteiger partial charge in [0, 0.05) is 31.1 Å². The molecule has 0 spiro atoms. The summed E-state index contributed by atoms with van der Waals surface area (Å²) in [5.41, 5.74) is 2.74. The number of amides is 1. The largest absolute Gasteiger partial charge is 0.467 e. The van der Waals surface area contributed by atoms with Crippen molar-refractivity contribution in [2.24, 2.45) is 0 Å². The Bertz CT molecular complexity index is 1170. The fraction of sp³-hybridized carbons (Fsp3) is 0.429. The molecule has 1 aromatic carbocycles. The average molecular weight is 440 g/mol. The minimum atomic E-state index is -0.946. The van der Waals surface area contributed by atoms with E-state index >= 15 is 0 Å². The number of benzene rings is 1. The van der Waals surface area contributed by atoms with Crippen LogP contribution < -0.4 is 9.64 Å². The number of methoxy groups -OCH3 is 1. The first-order chi connectivity index (χ1) is 15.4. The summed E-state index contributed by atoms with van der Waals surface area (Å²) in [7, 11) is 1.51. The number of aromatic nitrogens is 4. The molecule has 32 heavy (non-hydrogen) atoms. The molecule has 1 atom stereocenters. The highest BCUT2D eigenvalue weighted by Gasteiger charge is 2.28. The van der Waals surface area contributed by atoms with Crippen molar-refractivity contribution in [1.82, 2.24) is 24.6 Å². The molecule has 3 aromatic rings. The lowest BCUT2D eigenvalue weighted by molar-refractivity contribution is -0.0234. The number of aliphatic hydroxyl groups excluding tert-OH is 1. The smallest absolute Gasteiger partial charge is 0.407 e. The van der Waals surface area contributed by atoms with Crippen LogP contribution in [0.1, 0.15) is 17.2 Å². The predicted octanol–water partition coefficient (Wildman–Crippen LogP) is 1.36. The third-order valence-electron chi connectivity index (χ3n) is 5.90. The number of hydrogen-bond acceptors (Lipinski definition) is 8. The molecule has 1 unspecified atom stereocenters. The van der Waals surface area contributed by atoms with Gasteiger partial charge in [-0.3, -0.25) is 0 Å². The first-order valence-electron chi connectivity index (χ1n) is 10.4. The van der Waals surface area contributed by atoms with Gasteiger partial charge >= 0.3 is 12.1 Å². The van der Waals surface area contributed by atoms with E-state index in [-0.39, 0.29) is 24.8 Å². The van der Waals surface area contributed by atoms with Gasteiger partial charge in [-0.1, -0.05) is 0 Å². The van der Waals surface area contributed by atoms with Crippen molar-refractivity contribution in [3.05, 3.63) is 35.5 Å². The van der Waals surface area contributed by atoms with Crippen LogP contribution in [0.3, 0.4) is 0 Å². The number of carboxylic acid groups (broad SMARTS) is 1. The Kier molecular flexibility index (Phi) is 5.06. The second-order valence-corrected chi connectivity index (χ2v) is 8.04. The van der Waals surface area contributed by atoms with Crippen molar-refractivity contribution in [1.29, 1.82) is 0 Å².